The molecule has 0 aliphatic heterocycles. The number of rotatable bonds is 0. The van der Waals surface area contributed by atoms with Crippen LogP contribution in [-0.4, -0.2) is 9.97 Å². The Balaban J connectivity index is 1.94. The van der Waals surface area contributed by atoms with Crippen LogP contribution in [0.3, 0.4) is 0 Å². The number of hydrogen-bond acceptors (Lipinski definition) is 2. The van der Waals surface area contributed by atoms with Gasteiger partial charge in [0.2, 0.25) is 0 Å². The molecule has 2 aliphatic rings. The molecule has 5 rings (SSSR count). The molecule has 2 aromatic carbocycles. The molecule has 0 unspecified atom stereocenters. The molecule has 0 fully saturated rings. The van der Waals surface area contributed by atoms with Gasteiger partial charge in [0.05, 0.1) is 11.1 Å². The second-order valence-corrected chi connectivity index (χ2v) is 5.89. The molecule has 100 valence electrons. The normalized spacial score (nSPS) is 16.6. The molecule has 1 heterocycles. The van der Waals surface area contributed by atoms with Crippen molar-refractivity contribution in [2.75, 3.05) is 0 Å². The molecule has 2 nitrogen and oxygen atoms in total. The fourth-order valence-electron chi connectivity index (χ4n) is 4.22. The molecule has 0 amide bonds. The third kappa shape index (κ3) is 1.23. The molecule has 0 saturated carbocycles. The monoisotopic (exact) mass is 270 g/mol. The van der Waals surface area contributed by atoms with Gasteiger partial charge in [0, 0.05) is 6.20 Å². The van der Waals surface area contributed by atoms with E-state index in [9.17, 15) is 0 Å². The molecule has 0 saturated heterocycles. The van der Waals surface area contributed by atoms with E-state index in [1.807, 2.05) is 6.20 Å². The maximum Gasteiger partial charge on any atom is 0.115 e. The molecular formula is C19H14N2. The zero-order valence-corrected chi connectivity index (χ0v) is 11.6. The average molecular weight is 270 g/mol. The van der Waals surface area contributed by atoms with Gasteiger partial charge < -0.3 is 0 Å². The predicted molar refractivity (Wildman–Crippen MR) is 82.1 cm³/mol. The fourth-order valence-corrected chi connectivity index (χ4v) is 4.22. The highest BCUT2D eigenvalue weighted by Crippen LogP contribution is 2.57. The van der Waals surface area contributed by atoms with Gasteiger partial charge >= 0.3 is 0 Å². The maximum atomic E-state index is 4.68. The smallest absolute Gasteiger partial charge is 0.115 e. The summed E-state index contributed by atoms with van der Waals surface area (Å²) in [6, 6.07) is 17.6. The van der Waals surface area contributed by atoms with Crippen LogP contribution in [-0.2, 0) is 11.8 Å². The third-order valence-corrected chi connectivity index (χ3v) is 5.03. The average Bonchev–Trinajstić information content (AvgIpc) is 3.08. The van der Waals surface area contributed by atoms with Gasteiger partial charge in [-0.2, -0.15) is 0 Å². The summed E-state index contributed by atoms with van der Waals surface area (Å²) in [6.07, 6.45) is 5.82. The number of fused-ring (bicyclic) bond motifs is 7. The van der Waals surface area contributed by atoms with Crippen LogP contribution in [0.2, 0.25) is 0 Å². The van der Waals surface area contributed by atoms with Gasteiger partial charge in [-0.05, 0) is 40.7 Å². The number of aryl methyl sites for hydroxylation is 1. The standard InChI is InChI=1S/C19H14N2/c1-3-7-16-14(5-1)15-6-2-4-8-17(15)19(16)10-9-13-11-20-12-21-18(13)19/h1-8,11-12H,9-10H2. The molecule has 1 aromatic heterocycles. The summed E-state index contributed by atoms with van der Waals surface area (Å²) in [5.41, 5.74) is 7.97. The number of aromatic nitrogens is 2. The lowest BCUT2D eigenvalue weighted by atomic mass is 9.76. The second kappa shape index (κ2) is 3.79. The Hall–Kier alpha value is -2.48. The van der Waals surface area contributed by atoms with Crippen molar-refractivity contribution in [3.63, 3.8) is 0 Å². The minimum Gasteiger partial charge on any atom is -0.245 e. The summed E-state index contributed by atoms with van der Waals surface area (Å²) in [5, 5.41) is 0. The summed E-state index contributed by atoms with van der Waals surface area (Å²) in [5.74, 6) is 0. The lowest BCUT2D eigenvalue weighted by Crippen LogP contribution is -2.24. The van der Waals surface area contributed by atoms with Crippen molar-refractivity contribution in [2.24, 2.45) is 0 Å². The van der Waals surface area contributed by atoms with Gasteiger partial charge in [0.25, 0.3) is 0 Å². The first-order valence-corrected chi connectivity index (χ1v) is 7.40. The van der Waals surface area contributed by atoms with Crippen LogP contribution in [0.15, 0.2) is 61.1 Å². The number of benzene rings is 2. The van der Waals surface area contributed by atoms with E-state index >= 15 is 0 Å². The Labute approximate surface area is 123 Å². The summed E-state index contributed by atoms with van der Waals surface area (Å²) in [6.45, 7) is 0. The summed E-state index contributed by atoms with van der Waals surface area (Å²) < 4.78 is 0. The minimum atomic E-state index is -0.0640. The van der Waals surface area contributed by atoms with E-state index in [-0.39, 0.29) is 5.41 Å². The lowest BCUT2D eigenvalue weighted by Gasteiger charge is -2.27. The van der Waals surface area contributed by atoms with Gasteiger partial charge in [0.15, 0.2) is 0 Å². The number of hydrogen-bond donors (Lipinski definition) is 0. The Morgan fingerprint density at radius 2 is 1.52 bits per heavy atom. The van der Waals surface area contributed by atoms with E-state index in [2.05, 4.69) is 58.5 Å². The van der Waals surface area contributed by atoms with E-state index in [0.29, 0.717) is 0 Å². The van der Waals surface area contributed by atoms with Crippen LogP contribution in [0, 0.1) is 0 Å². The van der Waals surface area contributed by atoms with Crippen LogP contribution in [0.4, 0.5) is 0 Å². The molecule has 2 heteroatoms. The first-order chi connectivity index (χ1) is 10.4. The topological polar surface area (TPSA) is 25.8 Å². The van der Waals surface area contributed by atoms with E-state index < -0.39 is 0 Å². The Kier molecular flexibility index (Phi) is 2.02. The molecular weight excluding hydrogens is 256 g/mol. The molecule has 21 heavy (non-hydrogen) atoms. The lowest BCUT2D eigenvalue weighted by molar-refractivity contribution is 0.610. The predicted octanol–water partition coefficient (Wildman–Crippen LogP) is 3.74. The molecule has 1 spiro atoms. The van der Waals surface area contributed by atoms with E-state index in [1.165, 1.54) is 33.5 Å². The van der Waals surface area contributed by atoms with Crippen molar-refractivity contribution in [3.8, 4) is 11.1 Å². The Morgan fingerprint density at radius 3 is 2.24 bits per heavy atom. The van der Waals surface area contributed by atoms with Crippen LogP contribution >= 0.6 is 0 Å². The zero-order chi connectivity index (χ0) is 13.9. The van der Waals surface area contributed by atoms with Crippen LogP contribution in [0.25, 0.3) is 11.1 Å². The Morgan fingerprint density at radius 1 is 0.857 bits per heavy atom. The largest absolute Gasteiger partial charge is 0.245 e. The second-order valence-electron chi connectivity index (χ2n) is 5.89. The quantitative estimate of drug-likeness (QED) is 0.622. The zero-order valence-electron chi connectivity index (χ0n) is 11.6. The van der Waals surface area contributed by atoms with Crippen molar-refractivity contribution < 1.29 is 0 Å². The van der Waals surface area contributed by atoms with Crippen LogP contribution < -0.4 is 0 Å². The molecule has 0 atom stereocenters. The molecule has 2 aliphatic carbocycles. The van der Waals surface area contributed by atoms with Crippen molar-refractivity contribution in [1.29, 1.82) is 0 Å². The van der Waals surface area contributed by atoms with Crippen molar-refractivity contribution in [2.45, 2.75) is 18.3 Å². The maximum absolute atomic E-state index is 4.68. The van der Waals surface area contributed by atoms with Crippen molar-refractivity contribution >= 4 is 0 Å². The van der Waals surface area contributed by atoms with Gasteiger partial charge in [-0.25, -0.2) is 9.97 Å². The van der Waals surface area contributed by atoms with Crippen LogP contribution in [0.1, 0.15) is 28.8 Å². The van der Waals surface area contributed by atoms with Gasteiger partial charge in [-0.3, -0.25) is 0 Å². The first kappa shape index (κ1) is 11.2. The Bertz CT molecular complexity index is 821. The van der Waals surface area contributed by atoms with E-state index in [0.717, 1.165) is 12.8 Å². The molecule has 3 aromatic rings. The molecule has 0 N–H and O–H groups in total. The first-order valence-electron chi connectivity index (χ1n) is 7.40. The van der Waals surface area contributed by atoms with E-state index in [4.69, 9.17) is 0 Å². The van der Waals surface area contributed by atoms with Crippen LogP contribution in [0.5, 0.6) is 0 Å². The highest BCUT2D eigenvalue weighted by molar-refractivity contribution is 5.83. The fraction of sp³-hybridized carbons (Fsp3) is 0.158. The number of nitrogens with zero attached hydrogens (tertiary/aromatic N) is 2. The highest BCUT2D eigenvalue weighted by atomic mass is 14.9. The van der Waals surface area contributed by atoms with Gasteiger partial charge in [0.1, 0.15) is 6.33 Å². The molecule has 0 bridgehead atoms. The third-order valence-electron chi connectivity index (χ3n) is 5.03. The summed E-state index contributed by atoms with van der Waals surface area (Å²) >= 11 is 0. The summed E-state index contributed by atoms with van der Waals surface area (Å²) in [4.78, 5) is 8.89. The minimum absolute atomic E-state index is 0.0640. The summed E-state index contributed by atoms with van der Waals surface area (Å²) in [7, 11) is 0. The van der Waals surface area contributed by atoms with E-state index in [1.54, 1.807) is 6.33 Å². The van der Waals surface area contributed by atoms with Gasteiger partial charge in [-0.15, -0.1) is 0 Å². The SMILES string of the molecule is c1ccc2c(c1)-c1ccccc1C21CCc2cncnc21. The van der Waals surface area contributed by atoms with Crippen molar-refractivity contribution in [1.82, 2.24) is 9.97 Å². The van der Waals surface area contributed by atoms with Crippen molar-refractivity contribution in [3.05, 3.63) is 83.4 Å². The molecule has 0 radical (unpaired) electrons. The highest BCUT2D eigenvalue weighted by Gasteiger charge is 2.49. The van der Waals surface area contributed by atoms with Gasteiger partial charge in [-0.1, -0.05) is 48.5 Å².